The first-order chi connectivity index (χ1) is 7.66. The molecular weight excluding hydrogens is 202 g/mol. The minimum atomic E-state index is 0.0661. The molecule has 4 heteroatoms. The van der Waals surface area contributed by atoms with Crippen LogP contribution in [0.3, 0.4) is 0 Å². The van der Waals surface area contributed by atoms with E-state index in [0.29, 0.717) is 0 Å². The summed E-state index contributed by atoms with van der Waals surface area (Å²) in [7, 11) is 0. The molecular formula is C12H19N3O. The normalized spacial score (nSPS) is 15.4. The second-order valence-corrected chi connectivity index (χ2v) is 4.52. The van der Waals surface area contributed by atoms with E-state index < -0.39 is 0 Å². The first-order valence-electron chi connectivity index (χ1n) is 5.95. The van der Waals surface area contributed by atoms with Crippen molar-refractivity contribution < 1.29 is 0 Å². The molecule has 1 N–H and O–H groups in total. The maximum absolute atomic E-state index is 11.7. The van der Waals surface area contributed by atoms with Crippen LogP contribution >= 0.6 is 0 Å². The predicted molar refractivity (Wildman–Crippen MR) is 63.6 cm³/mol. The van der Waals surface area contributed by atoms with Gasteiger partial charge in [0.15, 0.2) is 0 Å². The van der Waals surface area contributed by atoms with Gasteiger partial charge in [0.1, 0.15) is 5.82 Å². The van der Waals surface area contributed by atoms with Crippen LogP contribution in [-0.4, -0.2) is 22.1 Å². The van der Waals surface area contributed by atoms with Gasteiger partial charge in [-0.25, -0.2) is 4.98 Å². The summed E-state index contributed by atoms with van der Waals surface area (Å²) in [6.45, 7) is 5.50. The zero-order valence-corrected chi connectivity index (χ0v) is 9.99. The fraction of sp³-hybridized carbons (Fsp3) is 0.667. The molecule has 88 valence electrons. The monoisotopic (exact) mass is 221 g/mol. The van der Waals surface area contributed by atoms with Crippen LogP contribution in [0.2, 0.25) is 0 Å². The summed E-state index contributed by atoms with van der Waals surface area (Å²) in [6.07, 6.45) is 3.61. The number of nitrogens with one attached hydrogen (secondary N) is 1. The zero-order chi connectivity index (χ0) is 11.5. The van der Waals surface area contributed by atoms with Crippen LogP contribution in [0.5, 0.6) is 0 Å². The Morgan fingerprint density at radius 2 is 2.25 bits per heavy atom. The predicted octanol–water partition coefficient (Wildman–Crippen LogP) is 1.00. The van der Waals surface area contributed by atoms with Gasteiger partial charge in [-0.3, -0.25) is 9.36 Å². The minimum Gasteiger partial charge on any atom is -0.314 e. The maximum Gasteiger partial charge on any atom is 0.253 e. The first-order valence-corrected chi connectivity index (χ1v) is 5.95. The molecule has 0 aromatic carbocycles. The van der Waals surface area contributed by atoms with E-state index in [1.54, 1.807) is 10.6 Å². The van der Waals surface area contributed by atoms with Gasteiger partial charge in [-0.05, 0) is 39.7 Å². The van der Waals surface area contributed by atoms with Crippen LogP contribution in [0.4, 0.5) is 0 Å². The van der Waals surface area contributed by atoms with Crippen molar-refractivity contribution in [3.8, 4) is 0 Å². The van der Waals surface area contributed by atoms with Crippen LogP contribution in [0.25, 0.3) is 0 Å². The average molecular weight is 221 g/mol. The highest BCUT2D eigenvalue weighted by atomic mass is 16.1. The Hall–Kier alpha value is -1.16. The van der Waals surface area contributed by atoms with Crippen molar-refractivity contribution in [2.45, 2.75) is 45.7 Å². The number of hydrogen-bond acceptors (Lipinski definition) is 3. The van der Waals surface area contributed by atoms with E-state index in [-0.39, 0.29) is 5.56 Å². The van der Waals surface area contributed by atoms with E-state index in [1.807, 2.05) is 13.8 Å². The summed E-state index contributed by atoms with van der Waals surface area (Å²) >= 11 is 0. The SMILES string of the molecule is Cc1cc(=O)n(CCCNC2CC2)c(C)n1. The first kappa shape index (κ1) is 11.3. The molecule has 1 fully saturated rings. The van der Waals surface area contributed by atoms with Gasteiger partial charge in [0.05, 0.1) is 0 Å². The third-order valence-corrected chi connectivity index (χ3v) is 2.90. The Balaban J connectivity index is 1.89. The lowest BCUT2D eigenvalue weighted by molar-refractivity contribution is 0.551. The number of nitrogens with zero attached hydrogens (tertiary/aromatic N) is 2. The minimum absolute atomic E-state index is 0.0661. The van der Waals surface area contributed by atoms with E-state index in [1.165, 1.54) is 12.8 Å². The summed E-state index contributed by atoms with van der Waals surface area (Å²) in [5.74, 6) is 0.816. The fourth-order valence-corrected chi connectivity index (χ4v) is 1.87. The molecule has 0 spiro atoms. The third kappa shape index (κ3) is 2.92. The van der Waals surface area contributed by atoms with Crippen molar-refractivity contribution in [3.63, 3.8) is 0 Å². The summed E-state index contributed by atoms with van der Waals surface area (Å²) in [5.41, 5.74) is 0.867. The maximum atomic E-state index is 11.7. The van der Waals surface area contributed by atoms with Crippen molar-refractivity contribution in [1.29, 1.82) is 0 Å². The van der Waals surface area contributed by atoms with Crippen LogP contribution < -0.4 is 10.9 Å². The van der Waals surface area contributed by atoms with Gasteiger partial charge < -0.3 is 5.32 Å². The fourth-order valence-electron chi connectivity index (χ4n) is 1.87. The van der Waals surface area contributed by atoms with Crippen LogP contribution in [0.15, 0.2) is 10.9 Å². The van der Waals surface area contributed by atoms with E-state index in [2.05, 4.69) is 10.3 Å². The molecule has 0 aliphatic heterocycles. The summed E-state index contributed by atoms with van der Waals surface area (Å²) in [5, 5.41) is 3.44. The van der Waals surface area contributed by atoms with Gasteiger partial charge in [-0.15, -0.1) is 0 Å². The lowest BCUT2D eigenvalue weighted by Gasteiger charge is -2.09. The summed E-state index contributed by atoms with van der Waals surface area (Å²) in [6, 6.07) is 2.34. The van der Waals surface area contributed by atoms with E-state index in [0.717, 1.165) is 37.1 Å². The Bertz CT molecular complexity index is 421. The molecule has 1 heterocycles. The van der Waals surface area contributed by atoms with Crippen molar-refractivity contribution in [2.75, 3.05) is 6.54 Å². The molecule has 0 bridgehead atoms. The molecule has 1 aromatic rings. The largest absolute Gasteiger partial charge is 0.314 e. The average Bonchev–Trinajstić information content (AvgIpc) is 2.98. The highest BCUT2D eigenvalue weighted by molar-refractivity contribution is 5.01. The summed E-state index contributed by atoms with van der Waals surface area (Å²) < 4.78 is 1.75. The number of aryl methyl sites for hydroxylation is 2. The Labute approximate surface area is 95.7 Å². The number of rotatable bonds is 5. The highest BCUT2D eigenvalue weighted by Crippen LogP contribution is 2.18. The smallest absolute Gasteiger partial charge is 0.253 e. The lowest BCUT2D eigenvalue weighted by atomic mass is 10.3. The summed E-state index contributed by atoms with van der Waals surface area (Å²) in [4.78, 5) is 16.0. The molecule has 1 aliphatic carbocycles. The molecule has 0 radical (unpaired) electrons. The van der Waals surface area contributed by atoms with Gasteiger partial charge in [-0.1, -0.05) is 0 Å². The zero-order valence-electron chi connectivity index (χ0n) is 9.99. The topological polar surface area (TPSA) is 46.9 Å². The standard InChI is InChI=1S/C12H19N3O/c1-9-8-12(16)15(10(2)14-9)7-3-6-13-11-4-5-11/h8,11,13H,3-7H2,1-2H3. The van der Waals surface area contributed by atoms with E-state index >= 15 is 0 Å². The Morgan fingerprint density at radius 3 is 2.88 bits per heavy atom. The van der Waals surface area contributed by atoms with Crippen molar-refractivity contribution in [1.82, 2.24) is 14.9 Å². The number of hydrogen-bond donors (Lipinski definition) is 1. The molecule has 0 saturated heterocycles. The van der Waals surface area contributed by atoms with Crippen molar-refractivity contribution in [2.24, 2.45) is 0 Å². The van der Waals surface area contributed by atoms with Crippen LogP contribution in [-0.2, 0) is 6.54 Å². The molecule has 1 saturated carbocycles. The molecule has 1 aromatic heterocycles. The van der Waals surface area contributed by atoms with E-state index in [9.17, 15) is 4.79 Å². The highest BCUT2D eigenvalue weighted by Gasteiger charge is 2.19. The van der Waals surface area contributed by atoms with E-state index in [4.69, 9.17) is 0 Å². The Morgan fingerprint density at radius 1 is 1.50 bits per heavy atom. The molecule has 4 nitrogen and oxygen atoms in total. The van der Waals surface area contributed by atoms with Crippen LogP contribution in [0, 0.1) is 13.8 Å². The molecule has 16 heavy (non-hydrogen) atoms. The lowest BCUT2D eigenvalue weighted by Crippen LogP contribution is -2.26. The molecule has 0 amide bonds. The van der Waals surface area contributed by atoms with Gasteiger partial charge in [0.25, 0.3) is 5.56 Å². The molecule has 1 aliphatic rings. The second kappa shape index (κ2) is 4.78. The second-order valence-electron chi connectivity index (χ2n) is 4.52. The molecule has 0 atom stereocenters. The van der Waals surface area contributed by atoms with Gasteiger partial charge >= 0.3 is 0 Å². The van der Waals surface area contributed by atoms with Crippen molar-refractivity contribution in [3.05, 3.63) is 27.9 Å². The van der Waals surface area contributed by atoms with Crippen LogP contribution in [0.1, 0.15) is 30.8 Å². The van der Waals surface area contributed by atoms with Gasteiger partial charge in [-0.2, -0.15) is 0 Å². The number of aromatic nitrogens is 2. The third-order valence-electron chi connectivity index (χ3n) is 2.90. The molecule has 0 unspecified atom stereocenters. The van der Waals surface area contributed by atoms with Crippen molar-refractivity contribution >= 4 is 0 Å². The quantitative estimate of drug-likeness (QED) is 0.755. The van der Waals surface area contributed by atoms with Gasteiger partial charge in [0.2, 0.25) is 0 Å². The molecule has 2 rings (SSSR count). The van der Waals surface area contributed by atoms with Gasteiger partial charge in [0, 0.05) is 24.3 Å². The Kier molecular flexibility index (Phi) is 3.39.